The van der Waals surface area contributed by atoms with Gasteiger partial charge in [-0.25, -0.2) is 0 Å². The summed E-state index contributed by atoms with van der Waals surface area (Å²) in [5.41, 5.74) is 15.0. The Kier molecular flexibility index (Phi) is 31.2. The van der Waals surface area contributed by atoms with Crippen LogP contribution in [0.25, 0.3) is 20.9 Å². The van der Waals surface area contributed by atoms with Crippen LogP contribution in [0.3, 0.4) is 0 Å². The molecular formula is C105H96Cl6N10O11S5. The molecule has 3 fully saturated rings. The van der Waals surface area contributed by atoms with Crippen molar-refractivity contribution in [1.82, 2.24) is 36.1 Å². The predicted octanol–water partition coefficient (Wildman–Crippen LogP) is 21.5. The molecule has 32 heteroatoms. The molecule has 0 radical (unpaired) electrons. The molecule has 5 unspecified atom stereocenters. The van der Waals surface area contributed by atoms with E-state index in [1.54, 1.807) is 83.9 Å². The molecule has 7 aromatic heterocycles. The maximum atomic E-state index is 13.0. The minimum Gasteiger partial charge on any atom is -0.468 e. The molecule has 3 saturated heterocycles. The predicted molar refractivity (Wildman–Crippen MR) is 551 cm³/mol. The van der Waals surface area contributed by atoms with Crippen molar-refractivity contribution in [3.8, 4) is 32.7 Å². The number of methoxy groups -OCH3 is 1. The van der Waals surface area contributed by atoms with Crippen molar-refractivity contribution < 1.29 is 52.5 Å². The van der Waals surface area contributed by atoms with Crippen LogP contribution in [-0.2, 0) is 28.5 Å². The minimum absolute atomic E-state index is 0.00912. The number of nitrogens with one attached hydrogen (secondary N) is 4. The normalized spacial score (nSPS) is 19.6. The lowest BCUT2D eigenvalue weighted by Crippen LogP contribution is -2.52. The van der Waals surface area contributed by atoms with Crippen molar-refractivity contribution >= 4 is 183 Å². The molecule has 6 aromatic carbocycles. The van der Waals surface area contributed by atoms with E-state index >= 15 is 0 Å². The van der Waals surface area contributed by atoms with Gasteiger partial charge < -0.3 is 59.8 Å². The molecule has 0 saturated carbocycles. The fraction of sp³-hybridized carbons (Fsp3) is 0.286. The van der Waals surface area contributed by atoms with E-state index in [4.69, 9.17) is 88.6 Å². The topological polar surface area (TPSA) is 243 Å². The largest absolute Gasteiger partial charge is 0.468 e. The van der Waals surface area contributed by atoms with E-state index in [1.165, 1.54) is 45.9 Å². The van der Waals surface area contributed by atoms with Crippen LogP contribution in [0.15, 0.2) is 213 Å². The van der Waals surface area contributed by atoms with E-state index in [0.717, 1.165) is 182 Å². The van der Waals surface area contributed by atoms with Gasteiger partial charge in [-0.3, -0.25) is 43.5 Å². The number of aromatic nitrogens is 2. The van der Waals surface area contributed by atoms with Gasteiger partial charge in [0.25, 0.3) is 23.6 Å². The third kappa shape index (κ3) is 21.8. The molecule has 137 heavy (non-hydrogen) atoms. The molecule has 0 bridgehead atoms. The number of ether oxygens (including phenoxy) is 4. The standard InChI is InChI=1S/C25H21ClN2O2S.C21H18ClN3O2S.C21H19ClN2OS.C19H17Cl2NO4S.C19H21ClN2O2S/c26-19-9-7-18(8-10-19)21-16-27-24(29)23-22(21)20(11-6-17-4-2-1-3-5-17)25(31-23)28-12-14-30-15-13-28;1-11-9-13(7-8-24-11)16-10-15-17(12-3-5-14(22)6-4-12)18(20(26)23-2)25-21(27)19(15)28-16;1-21(2)12-24-20(25)19-16(18(21)14-3-5-15(22)6-4-14)11-17(26-19)13-7-9-23-10-8-13;1-25-19(24)16-15(10-2-3-12(20)13(21)8-10)11-9-14(27-18(11)17(16)23)22-4-6-26-7-5-22;1-21-7-6-15(13-2-4-14(20)5-3-13)16-12-17(25-18(16)19(21)23)22-8-10-24-11-9-22/h1-5,7-10,21H,12-16H2,(H,27,29);3-10,17-18H,1-2H3,(H,23,26)(H,25,27);3-11,18H,12H2,1-2H3,(H,24,25);2-3,8-9,15-16H,4-7H2,1H3;2-5,12,15H,6-11H2,1H3/t;17-,18-;;;/m.1.../s1. The van der Waals surface area contributed by atoms with E-state index in [2.05, 4.69) is 108 Å². The number of pyridine rings is 2. The lowest BCUT2D eigenvalue weighted by molar-refractivity contribution is -0.143. The Bertz CT molecular complexity index is 6690. The first-order chi connectivity index (χ1) is 66.3. The lowest BCUT2D eigenvalue weighted by atomic mass is 9.72. The number of morpholine rings is 3. The first kappa shape index (κ1) is 97.8. The molecule has 704 valence electrons. The molecule has 0 spiro atoms. The summed E-state index contributed by atoms with van der Waals surface area (Å²) in [6.07, 6.45) is 6.24. The van der Waals surface area contributed by atoms with Crippen LogP contribution >= 0.6 is 126 Å². The molecule has 7 atom stereocenters. The molecule has 1 aliphatic carbocycles. The smallest absolute Gasteiger partial charge is 0.317 e. The SMILES string of the molecule is CC1(C)CNC(=O)c2sc(-c3ccncc3)cc2C1c1ccc(Cl)cc1.CN1CCC(c2ccc(Cl)cc2)c2cc(N3CCOCC3)sc2C1=O.CNC(=O)[C@@H]1NC(=O)c2sc(-c3ccnc(C)c3)cc2[C@H]1c1ccc(Cl)cc1.COC(=O)C1C(=O)c2sc(N3CCOCC3)cc2C1c1ccc(Cl)c(Cl)c1.O=C1NCC(c2ccc(Cl)cc2)c2c1sc(N1CCOCC1)c2C#Cc1ccccc1. The second kappa shape index (κ2) is 43.7. The van der Waals surface area contributed by atoms with Crippen LogP contribution in [0, 0.1) is 30.1 Å². The van der Waals surface area contributed by atoms with E-state index in [9.17, 15) is 33.6 Å². The molecule has 7 aliphatic heterocycles. The number of esters is 1. The molecule has 14 heterocycles. The van der Waals surface area contributed by atoms with E-state index in [1.807, 2.05) is 152 Å². The number of aryl methyl sites for hydroxylation is 1. The number of nitrogens with zero attached hydrogens (tertiary/aromatic N) is 6. The number of hydrogen-bond donors (Lipinski definition) is 4. The van der Waals surface area contributed by atoms with Crippen molar-refractivity contribution in [2.75, 3.05) is 134 Å². The molecular weight excluding hydrogens is 1950 g/mol. The van der Waals surface area contributed by atoms with Gasteiger partial charge in [0.05, 0.1) is 96.7 Å². The number of fused-ring (bicyclic) bond motifs is 5. The summed E-state index contributed by atoms with van der Waals surface area (Å²) < 4.78 is 21.3. The zero-order chi connectivity index (χ0) is 95.9. The van der Waals surface area contributed by atoms with Crippen LogP contribution in [0.5, 0.6) is 0 Å². The van der Waals surface area contributed by atoms with Gasteiger partial charge in [0.15, 0.2) is 5.78 Å². The Hall–Kier alpha value is -10.8. The number of amides is 5. The molecule has 4 N–H and O–H groups in total. The quantitative estimate of drug-likeness (QED) is 0.0505. The highest BCUT2D eigenvalue weighted by Gasteiger charge is 2.49. The van der Waals surface area contributed by atoms with Gasteiger partial charge in [0.2, 0.25) is 5.91 Å². The number of benzene rings is 6. The summed E-state index contributed by atoms with van der Waals surface area (Å²) >= 11 is 44.1. The highest BCUT2D eigenvalue weighted by molar-refractivity contribution is 7.19. The van der Waals surface area contributed by atoms with Crippen LogP contribution in [0.2, 0.25) is 30.1 Å². The maximum absolute atomic E-state index is 13.0. The number of likely N-dealkylation sites (N-methyl/N-ethyl adjacent to an activating group) is 1. The Morgan fingerprint density at radius 3 is 1.62 bits per heavy atom. The molecule has 5 amide bonds. The van der Waals surface area contributed by atoms with Crippen LogP contribution in [-0.4, -0.2) is 182 Å². The molecule has 21 nitrogen and oxygen atoms in total. The van der Waals surface area contributed by atoms with Crippen molar-refractivity contribution in [2.45, 2.75) is 62.8 Å². The fourth-order valence-corrected chi connectivity index (χ4v) is 25.3. The number of rotatable bonds is 12. The highest BCUT2D eigenvalue weighted by atomic mass is 35.5. The second-order valence-electron chi connectivity index (χ2n) is 34.6. The first-order valence-corrected chi connectivity index (χ1v) is 51.2. The van der Waals surface area contributed by atoms with Crippen molar-refractivity contribution in [1.29, 1.82) is 0 Å². The van der Waals surface area contributed by atoms with Gasteiger partial charge >= 0.3 is 5.97 Å². The van der Waals surface area contributed by atoms with Crippen LogP contribution in [0.1, 0.15) is 171 Å². The van der Waals surface area contributed by atoms with Gasteiger partial charge in [-0.05, 0) is 201 Å². The Morgan fingerprint density at radius 2 is 1.03 bits per heavy atom. The van der Waals surface area contributed by atoms with E-state index in [0.29, 0.717) is 69.4 Å². The maximum Gasteiger partial charge on any atom is 0.317 e. The van der Waals surface area contributed by atoms with E-state index < -0.39 is 23.8 Å². The zero-order valence-corrected chi connectivity index (χ0v) is 84.2. The number of halogens is 6. The van der Waals surface area contributed by atoms with Crippen molar-refractivity contribution in [3.63, 3.8) is 0 Å². The van der Waals surface area contributed by atoms with Gasteiger partial charge in [0, 0.05) is 168 Å². The third-order valence-corrected chi connectivity index (χ3v) is 33.3. The van der Waals surface area contributed by atoms with E-state index in [-0.39, 0.29) is 64.4 Å². The number of thiophene rings is 5. The summed E-state index contributed by atoms with van der Waals surface area (Å²) in [5.74, 6) is 4.45. The highest BCUT2D eigenvalue weighted by Crippen LogP contribution is 2.53. The number of anilines is 3. The fourth-order valence-electron chi connectivity index (χ4n) is 18.5. The molecule has 8 aliphatic rings. The van der Waals surface area contributed by atoms with Gasteiger partial charge in [-0.2, -0.15) is 0 Å². The summed E-state index contributed by atoms with van der Waals surface area (Å²) in [6, 6.07) is 62.1. The lowest BCUT2D eigenvalue weighted by Gasteiger charge is -2.33. The zero-order valence-electron chi connectivity index (χ0n) is 75.5. The number of hydrogen-bond acceptors (Lipinski definition) is 21. The van der Waals surface area contributed by atoms with Gasteiger partial charge in [-0.15, -0.1) is 56.7 Å². The number of carbonyl (C=O) groups excluding carboxylic acids is 7. The van der Waals surface area contributed by atoms with Gasteiger partial charge in [0.1, 0.15) is 17.0 Å². The average Bonchev–Trinajstić information content (AvgIpc) is 1.44. The Balaban J connectivity index is 0.000000119. The summed E-state index contributed by atoms with van der Waals surface area (Å²) in [6.45, 7) is 17.4. The minimum atomic E-state index is -0.896. The van der Waals surface area contributed by atoms with Crippen LogP contribution < -0.4 is 36.0 Å². The van der Waals surface area contributed by atoms with Crippen molar-refractivity contribution in [3.05, 3.63) is 340 Å². The monoisotopic (exact) mass is 2040 g/mol. The van der Waals surface area contributed by atoms with Crippen LogP contribution in [0.4, 0.5) is 15.0 Å². The number of ketones is 1. The first-order valence-electron chi connectivity index (χ1n) is 44.8. The molecule has 13 aromatic rings. The summed E-state index contributed by atoms with van der Waals surface area (Å²) in [7, 11) is 4.76. The Labute approximate surface area is 845 Å². The van der Waals surface area contributed by atoms with Gasteiger partial charge in [-0.1, -0.05) is 168 Å². The molecule has 21 rings (SSSR count). The number of Topliss-reactive ketones (excluding diaryl/α,β-unsaturated/α-hetero) is 1. The average molecular weight is 2050 g/mol. The summed E-state index contributed by atoms with van der Waals surface area (Å²) in [5, 5.41) is 18.6. The summed E-state index contributed by atoms with van der Waals surface area (Å²) in [4.78, 5) is 112. The Morgan fingerprint density at radius 1 is 0.504 bits per heavy atom. The number of carbonyl (C=O) groups is 7. The van der Waals surface area contributed by atoms with Crippen molar-refractivity contribution in [2.24, 2.45) is 11.3 Å². The third-order valence-electron chi connectivity index (χ3n) is 25.4. The second-order valence-corrected chi connectivity index (χ2v) is 42.3.